The second-order valence-corrected chi connectivity index (χ2v) is 1.80. The van der Waals surface area contributed by atoms with E-state index in [0.717, 1.165) is 0 Å². The molecule has 0 bridgehead atoms. The van der Waals surface area contributed by atoms with Crippen molar-refractivity contribution in [2.75, 3.05) is 13.1 Å². The zero-order chi connectivity index (χ0) is 7.28. The van der Waals surface area contributed by atoms with E-state index < -0.39 is 12.0 Å². The molecule has 0 aliphatic carbocycles. The second-order valence-electron chi connectivity index (χ2n) is 1.80. The van der Waals surface area contributed by atoms with E-state index >= 15 is 0 Å². The quantitative estimate of drug-likeness (QED) is 0.438. The Hall–Kier alpha value is 0.390. The van der Waals surface area contributed by atoms with Gasteiger partial charge in [-0.15, -0.1) is 0 Å². The molecule has 4 N–H and O–H groups in total. The first-order chi connectivity index (χ1) is 4.18. The monoisotopic (exact) mass is 155 g/mol. The molecule has 1 unspecified atom stereocenters. The molecule has 0 fully saturated rings. The first-order valence-corrected chi connectivity index (χ1v) is 2.84. The van der Waals surface area contributed by atoms with Crippen molar-refractivity contribution in [2.45, 2.75) is 13.0 Å². The van der Waals surface area contributed by atoms with Crippen LogP contribution in [0.3, 0.4) is 0 Å². The largest absolute Gasteiger partial charge is 0.480 e. The van der Waals surface area contributed by atoms with Gasteiger partial charge >= 0.3 is 5.97 Å². The Morgan fingerprint density at radius 2 is 2.30 bits per heavy atom. The third-order valence-corrected chi connectivity index (χ3v) is 0.965. The molecule has 1 radical (unpaired) electrons. The predicted molar refractivity (Wildman–Crippen MR) is 39.9 cm³/mol. The molecular formula is C5H12N2NaO2. The van der Waals surface area contributed by atoms with E-state index in [1.54, 1.807) is 6.92 Å². The molecule has 0 spiro atoms. The van der Waals surface area contributed by atoms with Crippen molar-refractivity contribution in [3.05, 3.63) is 0 Å². The zero-order valence-electron chi connectivity index (χ0n) is 6.42. The molecule has 0 saturated carbocycles. The van der Waals surface area contributed by atoms with E-state index in [2.05, 4.69) is 5.32 Å². The number of nitrogens with two attached hydrogens (primary N) is 1. The maximum absolute atomic E-state index is 10.1. The summed E-state index contributed by atoms with van der Waals surface area (Å²) < 4.78 is 0. The minimum atomic E-state index is -0.844. The van der Waals surface area contributed by atoms with E-state index in [9.17, 15) is 4.79 Å². The average molecular weight is 155 g/mol. The van der Waals surface area contributed by atoms with Crippen LogP contribution in [-0.4, -0.2) is 59.8 Å². The van der Waals surface area contributed by atoms with Crippen LogP contribution in [0.1, 0.15) is 6.92 Å². The number of nitrogens with one attached hydrogen (secondary N) is 1. The van der Waals surface area contributed by atoms with Crippen LogP contribution < -0.4 is 11.1 Å². The molecule has 55 valence electrons. The van der Waals surface area contributed by atoms with Gasteiger partial charge in [0.05, 0.1) is 0 Å². The number of aliphatic carboxylic acids is 1. The van der Waals surface area contributed by atoms with Crippen LogP contribution in [0.2, 0.25) is 0 Å². The van der Waals surface area contributed by atoms with E-state index in [1.807, 2.05) is 0 Å². The number of hydrogen-bond donors (Lipinski definition) is 3. The van der Waals surface area contributed by atoms with Crippen LogP contribution in [0.25, 0.3) is 0 Å². The molecule has 5 heteroatoms. The summed E-state index contributed by atoms with van der Waals surface area (Å²) in [5, 5.41) is 11.0. The van der Waals surface area contributed by atoms with E-state index in [4.69, 9.17) is 10.8 Å². The molecule has 0 aromatic rings. The molecule has 0 amide bonds. The fourth-order valence-corrected chi connectivity index (χ4v) is 0.387. The summed E-state index contributed by atoms with van der Waals surface area (Å²) in [6.07, 6.45) is 0. The van der Waals surface area contributed by atoms with Crippen LogP contribution in [0, 0.1) is 0 Å². The minimum absolute atomic E-state index is 0. The molecular weight excluding hydrogens is 143 g/mol. The van der Waals surface area contributed by atoms with Gasteiger partial charge in [0.1, 0.15) is 6.04 Å². The number of rotatable bonds is 4. The third-order valence-electron chi connectivity index (χ3n) is 0.965. The van der Waals surface area contributed by atoms with Crippen LogP contribution >= 0.6 is 0 Å². The standard InChI is InChI=1S/C5H12N2O2.Na/c1-4(5(8)9)7-3-2-6;/h4,7H,2-3,6H2,1H3,(H,8,9);. The van der Waals surface area contributed by atoms with Gasteiger partial charge in [0, 0.05) is 42.6 Å². The predicted octanol–water partition coefficient (Wildman–Crippen LogP) is -1.37. The Bertz CT molecular complexity index is 99.6. The van der Waals surface area contributed by atoms with Gasteiger partial charge in [-0.3, -0.25) is 4.79 Å². The Labute approximate surface area is 82.5 Å². The Morgan fingerprint density at radius 1 is 1.80 bits per heavy atom. The van der Waals surface area contributed by atoms with E-state index in [-0.39, 0.29) is 29.6 Å². The number of carbonyl (C=O) groups is 1. The molecule has 0 rings (SSSR count). The molecule has 0 aliphatic rings. The molecule has 4 nitrogen and oxygen atoms in total. The van der Waals surface area contributed by atoms with Crippen molar-refractivity contribution in [1.29, 1.82) is 0 Å². The molecule has 0 heterocycles. The fraction of sp³-hybridized carbons (Fsp3) is 0.800. The molecule has 0 saturated heterocycles. The van der Waals surface area contributed by atoms with Crippen molar-refractivity contribution in [3.8, 4) is 0 Å². The molecule has 10 heavy (non-hydrogen) atoms. The maximum Gasteiger partial charge on any atom is 0.320 e. The number of carboxylic acids is 1. The summed E-state index contributed by atoms with van der Waals surface area (Å²) in [5.41, 5.74) is 5.12. The number of hydrogen-bond acceptors (Lipinski definition) is 3. The average Bonchev–Trinajstić information content (AvgIpc) is 1.82. The zero-order valence-corrected chi connectivity index (χ0v) is 8.42. The van der Waals surface area contributed by atoms with Crippen molar-refractivity contribution in [1.82, 2.24) is 5.32 Å². The first kappa shape index (κ1) is 13.0. The first-order valence-electron chi connectivity index (χ1n) is 2.84. The van der Waals surface area contributed by atoms with Gasteiger partial charge in [-0.05, 0) is 6.92 Å². The van der Waals surface area contributed by atoms with Gasteiger partial charge < -0.3 is 16.2 Å². The molecule has 0 aliphatic heterocycles. The van der Waals surface area contributed by atoms with E-state index in [0.29, 0.717) is 13.1 Å². The van der Waals surface area contributed by atoms with Gasteiger partial charge in [-0.25, -0.2) is 0 Å². The van der Waals surface area contributed by atoms with Gasteiger partial charge in [0.25, 0.3) is 0 Å². The number of carboxylic acid groups (broad SMARTS) is 1. The molecule has 0 aromatic carbocycles. The van der Waals surface area contributed by atoms with Crippen molar-refractivity contribution in [3.63, 3.8) is 0 Å². The minimum Gasteiger partial charge on any atom is -0.480 e. The van der Waals surface area contributed by atoms with Crippen LogP contribution in [0.5, 0.6) is 0 Å². The van der Waals surface area contributed by atoms with Crippen LogP contribution in [0.4, 0.5) is 0 Å². The smallest absolute Gasteiger partial charge is 0.320 e. The van der Waals surface area contributed by atoms with Gasteiger partial charge in [-0.2, -0.15) is 0 Å². The summed E-state index contributed by atoms with van der Waals surface area (Å²) >= 11 is 0. The third kappa shape index (κ3) is 6.51. The normalized spacial score (nSPS) is 11.8. The summed E-state index contributed by atoms with van der Waals surface area (Å²) in [6, 6.07) is -0.492. The Kier molecular flexibility index (Phi) is 9.76. The van der Waals surface area contributed by atoms with Crippen LogP contribution in [-0.2, 0) is 4.79 Å². The summed E-state index contributed by atoms with van der Waals surface area (Å²) in [7, 11) is 0. The summed E-state index contributed by atoms with van der Waals surface area (Å²) in [6.45, 7) is 2.60. The SMILES string of the molecule is CC(NCCN)C(=O)O.[Na]. The van der Waals surface area contributed by atoms with Crippen molar-refractivity contribution in [2.24, 2.45) is 5.73 Å². The second kappa shape index (κ2) is 7.50. The van der Waals surface area contributed by atoms with Gasteiger partial charge in [0.2, 0.25) is 0 Å². The fourth-order valence-electron chi connectivity index (χ4n) is 0.387. The topological polar surface area (TPSA) is 75.3 Å². The Balaban J connectivity index is 0. The van der Waals surface area contributed by atoms with Crippen molar-refractivity contribution < 1.29 is 9.90 Å². The maximum atomic E-state index is 10.1. The van der Waals surface area contributed by atoms with Gasteiger partial charge in [-0.1, -0.05) is 0 Å². The Morgan fingerprint density at radius 3 is 2.60 bits per heavy atom. The summed E-state index contributed by atoms with van der Waals surface area (Å²) in [5.74, 6) is -0.844. The molecule has 0 aromatic heterocycles. The summed E-state index contributed by atoms with van der Waals surface area (Å²) in [4.78, 5) is 10.1. The van der Waals surface area contributed by atoms with Crippen molar-refractivity contribution >= 4 is 35.5 Å². The van der Waals surface area contributed by atoms with E-state index in [1.165, 1.54) is 0 Å². The molecule has 1 atom stereocenters. The van der Waals surface area contributed by atoms with Crippen LogP contribution in [0.15, 0.2) is 0 Å². The van der Waals surface area contributed by atoms with Gasteiger partial charge in [0.15, 0.2) is 0 Å².